The van der Waals surface area contributed by atoms with Gasteiger partial charge in [-0.05, 0) is 35.0 Å². The molecule has 3 rings (SSSR count). The van der Waals surface area contributed by atoms with E-state index >= 15 is 0 Å². The van der Waals surface area contributed by atoms with E-state index in [0.29, 0.717) is 10.5 Å². The second-order valence-corrected chi connectivity index (χ2v) is 6.47. The molecule has 0 amide bonds. The van der Waals surface area contributed by atoms with E-state index in [2.05, 4.69) is 25.9 Å². The molecule has 2 aromatic heterocycles. The zero-order chi connectivity index (χ0) is 18.1. The molecule has 0 saturated carbocycles. The van der Waals surface area contributed by atoms with Crippen LogP contribution in [0.15, 0.2) is 38.6 Å². The van der Waals surface area contributed by atoms with E-state index in [0.717, 1.165) is 5.56 Å². The average Bonchev–Trinajstić information content (AvgIpc) is 2.89. The molecular weight excluding hydrogens is 392 g/mol. The molecule has 0 spiro atoms. The summed E-state index contributed by atoms with van der Waals surface area (Å²) in [4.78, 5) is 30.2. The number of hydrogen-bond acceptors (Lipinski definition) is 5. The molecule has 0 saturated heterocycles. The van der Waals surface area contributed by atoms with Crippen molar-refractivity contribution in [2.45, 2.75) is 19.6 Å². The van der Waals surface area contributed by atoms with Crippen molar-refractivity contribution in [2.24, 2.45) is 7.05 Å². The van der Waals surface area contributed by atoms with Crippen LogP contribution in [-0.4, -0.2) is 36.9 Å². The highest BCUT2D eigenvalue weighted by molar-refractivity contribution is 9.10. The Bertz CT molecular complexity index is 1020. The van der Waals surface area contributed by atoms with Gasteiger partial charge in [0.25, 0.3) is 5.56 Å². The summed E-state index contributed by atoms with van der Waals surface area (Å²) in [6, 6.07) is 7.49. The second-order valence-electron chi connectivity index (χ2n) is 5.76. The molecule has 0 aliphatic rings. The monoisotopic (exact) mass is 408 g/mol. The SMILES string of the molecule is Cc1ccc(OCC(O)Cn2c(Br)nc3c2c(=O)[nH]c(=O)n3C)cc1. The topological polar surface area (TPSA) is 102 Å². The van der Waals surface area contributed by atoms with Gasteiger partial charge < -0.3 is 14.4 Å². The molecule has 3 aromatic rings. The zero-order valence-electron chi connectivity index (χ0n) is 13.7. The van der Waals surface area contributed by atoms with Gasteiger partial charge in [-0.1, -0.05) is 17.7 Å². The van der Waals surface area contributed by atoms with E-state index in [4.69, 9.17) is 4.74 Å². The van der Waals surface area contributed by atoms with E-state index in [9.17, 15) is 14.7 Å². The highest BCUT2D eigenvalue weighted by Gasteiger charge is 2.18. The predicted octanol–water partition coefficient (Wildman–Crippen LogP) is 0.934. The summed E-state index contributed by atoms with van der Waals surface area (Å²) in [5, 5.41) is 10.3. The number of aliphatic hydroxyl groups excluding tert-OH is 1. The number of nitrogens with zero attached hydrogens (tertiary/aromatic N) is 3. The smallest absolute Gasteiger partial charge is 0.329 e. The number of aliphatic hydroxyl groups is 1. The van der Waals surface area contributed by atoms with E-state index < -0.39 is 17.4 Å². The third kappa shape index (κ3) is 3.52. The average molecular weight is 409 g/mol. The number of aryl methyl sites for hydroxylation is 2. The van der Waals surface area contributed by atoms with Gasteiger partial charge in [-0.3, -0.25) is 14.3 Å². The number of fused-ring (bicyclic) bond motifs is 1. The molecule has 1 aromatic carbocycles. The zero-order valence-corrected chi connectivity index (χ0v) is 15.3. The molecule has 8 nitrogen and oxygen atoms in total. The number of H-pyrrole nitrogens is 1. The molecule has 1 unspecified atom stereocenters. The lowest BCUT2D eigenvalue weighted by molar-refractivity contribution is 0.0928. The van der Waals surface area contributed by atoms with E-state index in [1.54, 1.807) is 0 Å². The van der Waals surface area contributed by atoms with Gasteiger partial charge in [-0.15, -0.1) is 0 Å². The van der Waals surface area contributed by atoms with Crippen molar-refractivity contribution in [1.29, 1.82) is 0 Å². The number of nitrogens with one attached hydrogen (secondary N) is 1. The number of ether oxygens (including phenoxy) is 1. The van der Waals surface area contributed by atoms with Crippen molar-refractivity contribution in [1.82, 2.24) is 19.1 Å². The van der Waals surface area contributed by atoms with Crippen LogP contribution in [0.5, 0.6) is 5.75 Å². The van der Waals surface area contributed by atoms with Gasteiger partial charge in [-0.2, -0.15) is 0 Å². The van der Waals surface area contributed by atoms with Crippen LogP contribution < -0.4 is 16.0 Å². The van der Waals surface area contributed by atoms with Gasteiger partial charge in [0.1, 0.15) is 18.5 Å². The maximum atomic E-state index is 12.1. The maximum Gasteiger partial charge on any atom is 0.329 e. The Labute approximate surface area is 150 Å². The maximum absolute atomic E-state index is 12.1. The lowest BCUT2D eigenvalue weighted by atomic mass is 10.2. The number of aromatic nitrogens is 4. The standard InChI is InChI=1S/C16H17BrN4O4/c1-9-3-5-11(6-4-9)25-8-10(22)7-21-12-13(18-15(21)17)20(2)16(24)19-14(12)23/h3-6,10,22H,7-8H2,1-2H3,(H,19,23,24). The molecule has 2 N–H and O–H groups in total. The van der Waals surface area contributed by atoms with Crippen LogP contribution in [0.1, 0.15) is 5.56 Å². The Kier molecular flexibility index (Phi) is 4.78. The van der Waals surface area contributed by atoms with Crippen molar-refractivity contribution >= 4 is 27.1 Å². The van der Waals surface area contributed by atoms with Gasteiger partial charge in [0.05, 0.1) is 6.54 Å². The Balaban J connectivity index is 1.81. The highest BCUT2D eigenvalue weighted by atomic mass is 79.9. The first-order valence-corrected chi connectivity index (χ1v) is 8.38. The molecule has 0 fully saturated rings. The van der Waals surface area contributed by atoms with Gasteiger partial charge >= 0.3 is 5.69 Å². The Morgan fingerprint density at radius 3 is 2.68 bits per heavy atom. The molecule has 0 radical (unpaired) electrons. The van der Waals surface area contributed by atoms with Crippen LogP contribution in [0.25, 0.3) is 11.2 Å². The quantitative estimate of drug-likeness (QED) is 0.611. The molecule has 132 valence electrons. The molecule has 0 aliphatic heterocycles. The fraction of sp³-hybridized carbons (Fsp3) is 0.312. The second kappa shape index (κ2) is 6.85. The van der Waals surface area contributed by atoms with Crippen LogP contribution in [0, 0.1) is 6.92 Å². The van der Waals surface area contributed by atoms with Crippen molar-refractivity contribution in [2.75, 3.05) is 6.61 Å². The molecule has 0 bridgehead atoms. The van der Waals surface area contributed by atoms with Crippen LogP contribution in [0.4, 0.5) is 0 Å². The minimum Gasteiger partial charge on any atom is -0.491 e. The summed E-state index contributed by atoms with van der Waals surface area (Å²) in [7, 11) is 1.52. The summed E-state index contributed by atoms with van der Waals surface area (Å²) >= 11 is 3.27. The first kappa shape index (κ1) is 17.4. The van der Waals surface area contributed by atoms with Crippen LogP contribution in [0.2, 0.25) is 0 Å². The van der Waals surface area contributed by atoms with Gasteiger partial charge in [-0.25, -0.2) is 9.78 Å². The third-order valence-electron chi connectivity index (χ3n) is 3.82. The molecule has 2 heterocycles. The van der Waals surface area contributed by atoms with Crippen molar-refractivity contribution < 1.29 is 9.84 Å². The first-order chi connectivity index (χ1) is 11.9. The highest BCUT2D eigenvalue weighted by Crippen LogP contribution is 2.17. The minimum absolute atomic E-state index is 0.0544. The number of aromatic amines is 1. The summed E-state index contributed by atoms with van der Waals surface area (Å²) < 4.78 is 8.66. The van der Waals surface area contributed by atoms with Crippen molar-refractivity contribution in [3.05, 3.63) is 55.4 Å². The van der Waals surface area contributed by atoms with Crippen LogP contribution in [0.3, 0.4) is 0 Å². The number of hydrogen-bond donors (Lipinski definition) is 2. The van der Waals surface area contributed by atoms with E-state index in [1.165, 1.54) is 16.2 Å². The molecule has 0 aliphatic carbocycles. The minimum atomic E-state index is -0.869. The lowest BCUT2D eigenvalue weighted by Crippen LogP contribution is -2.30. The fourth-order valence-corrected chi connectivity index (χ4v) is 2.96. The predicted molar refractivity (Wildman–Crippen MR) is 96.0 cm³/mol. The van der Waals surface area contributed by atoms with E-state index in [1.807, 2.05) is 31.2 Å². The van der Waals surface area contributed by atoms with Crippen molar-refractivity contribution in [3.63, 3.8) is 0 Å². The molecule has 25 heavy (non-hydrogen) atoms. The summed E-state index contributed by atoms with van der Waals surface area (Å²) in [6.45, 7) is 2.12. The Morgan fingerprint density at radius 2 is 2.00 bits per heavy atom. The Morgan fingerprint density at radius 1 is 1.32 bits per heavy atom. The van der Waals surface area contributed by atoms with E-state index in [-0.39, 0.29) is 24.3 Å². The number of halogens is 1. The molecule has 1 atom stereocenters. The summed E-state index contributed by atoms with van der Waals surface area (Å²) in [6.07, 6.45) is -0.869. The third-order valence-corrected chi connectivity index (χ3v) is 4.42. The molecular formula is C16H17BrN4O4. The van der Waals surface area contributed by atoms with Gasteiger partial charge in [0.2, 0.25) is 0 Å². The lowest BCUT2D eigenvalue weighted by Gasteiger charge is -2.14. The van der Waals surface area contributed by atoms with Crippen LogP contribution in [-0.2, 0) is 13.6 Å². The van der Waals surface area contributed by atoms with Gasteiger partial charge in [0.15, 0.2) is 15.9 Å². The largest absolute Gasteiger partial charge is 0.491 e. The van der Waals surface area contributed by atoms with Gasteiger partial charge in [0, 0.05) is 7.05 Å². The summed E-state index contributed by atoms with van der Waals surface area (Å²) in [5.41, 5.74) is 0.475. The number of rotatable bonds is 5. The first-order valence-electron chi connectivity index (χ1n) is 7.59. The van der Waals surface area contributed by atoms with Crippen molar-refractivity contribution in [3.8, 4) is 5.75 Å². The fourth-order valence-electron chi connectivity index (χ4n) is 2.46. The Hall–Kier alpha value is -2.39. The summed E-state index contributed by atoms with van der Waals surface area (Å²) in [5.74, 6) is 0.652. The molecule has 9 heteroatoms. The normalized spacial score (nSPS) is 12.5. The van der Waals surface area contributed by atoms with Crippen LogP contribution >= 0.6 is 15.9 Å². The number of imidazole rings is 1. The number of benzene rings is 1.